The highest BCUT2D eigenvalue weighted by Crippen LogP contribution is 2.23. The number of nitrogens with zero attached hydrogens (tertiary/aromatic N) is 2. The average molecular weight is 324 g/mol. The standard InChI is InChI=1S/C17H16N4OS/c18-17(23-11-12-4-2-1-3-5-12)21-19-10-13-6-7-15-14(8-13)9-16(22)20-15/h1-8,10H,9,11H2,(H2,18,21)(H,20,22). The van der Waals surface area contributed by atoms with Crippen molar-refractivity contribution in [3.8, 4) is 0 Å². The number of anilines is 1. The Morgan fingerprint density at radius 2 is 2.09 bits per heavy atom. The topological polar surface area (TPSA) is 79.8 Å². The molecule has 1 heterocycles. The molecule has 5 nitrogen and oxygen atoms in total. The van der Waals surface area contributed by atoms with Crippen molar-refractivity contribution in [1.82, 2.24) is 0 Å². The number of amides is 1. The van der Waals surface area contributed by atoms with Crippen molar-refractivity contribution in [3.05, 3.63) is 65.2 Å². The van der Waals surface area contributed by atoms with Crippen LogP contribution in [0.1, 0.15) is 16.7 Å². The van der Waals surface area contributed by atoms with Gasteiger partial charge in [0.05, 0.1) is 12.6 Å². The molecule has 0 bridgehead atoms. The van der Waals surface area contributed by atoms with Crippen molar-refractivity contribution < 1.29 is 4.79 Å². The molecule has 1 aliphatic rings. The van der Waals surface area contributed by atoms with Crippen LogP contribution in [0.2, 0.25) is 0 Å². The Bertz CT molecular complexity index is 771. The van der Waals surface area contributed by atoms with Crippen LogP contribution in [0, 0.1) is 0 Å². The Morgan fingerprint density at radius 3 is 2.91 bits per heavy atom. The summed E-state index contributed by atoms with van der Waals surface area (Å²) in [5.41, 5.74) is 9.77. The van der Waals surface area contributed by atoms with E-state index in [2.05, 4.69) is 15.5 Å². The molecule has 3 rings (SSSR count). The van der Waals surface area contributed by atoms with Gasteiger partial charge in [-0.1, -0.05) is 48.2 Å². The predicted octanol–water partition coefficient (Wildman–Crippen LogP) is 2.76. The van der Waals surface area contributed by atoms with Crippen molar-refractivity contribution in [2.45, 2.75) is 12.2 Å². The molecule has 0 atom stereocenters. The van der Waals surface area contributed by atoms with Crippen LogP contribution in [0.3, 0.4) is 0 Å². The van der Waals surface area contributed by atoms with Gasteiger partial charge in [0.25, 0.3) is 0 Å². The number of carbonyl (C=O) groups is 1. The third-order valence-corrected chi connectivity index (χ3v) is 4.20. The number of carbonyl (C=O) groups excluding carboxylic acids is 1. The molecule has 0 aromatic heterocycles. The molecule has 6 heteroatoms. The van der Waals surface area contributed by atoms with E-state index < -0.39 is 0 Å². The minimum Gasteiger partial charge on any atom is -0.377 e. The van der Waals surface area contributed by atoms with Crippen molar-refractivity contribution >= 4 is 34.7 Å². The van der Waals surface area contributed by atoms with Crippen LogP contribution in [0.25, 0.3) is 0 Å². The van der Waals surface area contributed by atoms with Gasteiger partial charge >= 0.3 is 0 Å². The second-order valence-corrected chi connectivity index (χ2v) is 6.09. The molecule has 0 aliphatic carbocycles. The number of amidine groups is 1. The maximum absolute atomic E-state index is 11.3. The predicted molar refractivity (Wildman–Crippen MR) is 95.7 cm³/mol. The molecule has 0 unspecified atom stereocenters. The first kappa shape index (κ1) is 15.3. The Hall–Kier alpha value is -2.60. The normalized spacial score (nSPS) is 14.1. The summed E-state index contributed by atoms with van der Waals surface area (Å²) in [4.78, 5) is 11.3. The van der Waals surface area contributed by atoms with Crippen LogP contribution in [0.15, 0.2) is 58.7 Å². The zero-order chi connectivity index (χ0) is 16.1. The molecule has 0 saturated carbocycles. The first-order valence-electron chi connectivity index (χ1n) is 7.17. The van der Waals surface area contributed by atoms with Crippen molar-refractivity contribution in [3.63, 3.8) is 0 Å². The van der Waals surface area contributed by atoms with Crippen LogP contribution in [-0.4, -0.2) is 17.3 Å². The number of hydrogen-bond donors (Lipinski definition) is 2. The van der Waals surface area contributed by atoms with E-state index in [0.29, 0.717) is 11.6 Å². The maximum atomic E-state index is 11.3. The molecule has 3 N–H and O–H groups in total. The quantitative estimate of drug-likeness (QED) is 0.515. The van der Waals surface area contributed by atoms with E-state index in [1.165, 1.54) is 17.3 Å². The molecule has 0 fully saturated rings. The van der Waals surface area contributed by atoms with Crippen LogP contribution in [0.5, 0.6) is 0 Å². The summed E-state index contributed by atoms with van der Waals surface area (Å²) < 4.78 is 0. The lowest BCUT2D eigenvalue weighted by Crippen LogP contribution is -2.06. The van der Waals surface area contributed by atoms with Crippen molar-refractivity contribution in [2.75, 3.05) is 5.32 Å². The summed E-state index contributed by atoms with van der Waals surface area (Å²) in [6.45, 7) is 0. The number of rotatable bonds is 4. The third-order valence-electron chi connectivity index (χ3n) is 3.35. The first-order chi connectivity index (χ1) is 11.2. The van der Waals surface area contributed by atoms with Crippen molar-refractivity contribution in [1.29, 1.82) is 0 Å². The number of nitrogens with one attached hydrogen (secondary N) is 1. The van der Waals surface area contributed by atoms with E-state index >= 15 is 0 Å². The highest BCUT2D eigenvalue weighted by Gasteiger charge is 2.16. The Morgan fingerprint density at radius 1 is 1.26 bits per heavy atom. The second kappa shape index (κ2) is 7.11. The van der Waals surface area contributed by atoms with Crippen molar-refractivity contribution in [2.24, 2.45) is 15.9 Å². The molecule has 2 aromatic carbocycles. The fourth-order valence-corrected chi connectivity index (χ4v) is 2.85. The molecule has 1 amide bonds. The number of fused-ring (bicyclic) bond motifs is 1. The zero-order valence-corrected chi connectivity index (χ0v) is 13.2. The van der Waals surface area contributed by atoms with Gasteiger partial charge in [-0.15, -0.1) is 5.10 Å². The number of nitrogens with two attached hydrogens (primary N) is 1. The molecule has 1 aliphatic heterocycles. The van der Waals surface area contributed by atoms with Crippen LogP contribution >= 0.6 is 11.8 Å². The smallest absolute Gasteiger partial charge is 0.228 e. The van der Waals surface area contributed by atoms with E-state index in [0.717, 1.165) is 22.6 Å². The molecule has 23 heavy (non-hydrogen) atoms. The van der Waals surface area contributed by atoms with Gasteiger partial charge in [0.2, 0.25) is 5.91 Å². The zero-order valence-electron chi connectivity index (χ0n) is 12.4. The monoisotopic (exact) mass is 324 g/mol. The Kier molecular flexibility index (Phi) is 4.73. The maximum Gasteiger partial charge on any atom is 0.228 e. The molecular formula is C17H16N4OS. The Labute approximate surface area is 138 Å². The lowest BCUT2D eigenvalue weighted by Gasteiger charge is -2.00. The van der Waals surface area contributed by atoms with Gasteiger partial charge in [-0.2, -0.15) is 5.10 Å². The largest absolute Gasteiger partial charge is 0.377 e. The number of hydrogen-bond acceptors (Lipinski definition) is 4. The minimum atomic E-state index is 0.0219. The minimum absolute atomic E-state index is 0.0219. The fraction of sp³-hybridized carbons (Fsp3) is 0.118. The fourth-order valence-electron chi connectivity index (χ4n) is 2.24. The lowest BCUT2D eigenvalue weighted by atomic mass is 10.1. The van der Waals surface area contributed by atoms with E-state index in [1.807, 2.05) is 48.5 Å². The summed E-state index contributed by atoms with van der Waals surface area (Å²) >= 11 is 1.44. The molecule has 2 aromatic rings. The van der Waals surface area contributed by atoms with Crippen LogP contribution < -0.4 is 11.1 Å². The molecule has 0 saturated heterocycles. The Balaban J connectivity index is 1.57. The van der Waals surface area contributed by atoms with E-state index in [-0.39, 0.29) is 5.91 Å². The molecular weight excluding hydrogens is 308 g/mol. The third kappa shape index (κ3) is 4.20. The highest BCUT2D eigenvalue weighted by atomic mass is 32.2. The number of benzene rings is 2. The van der Waals surface area contributed by atoms with Crippen LogP contribution in [-0.2, 0) is 17.0 Å². The first-order valence-corrected chi connectivity index (χ1v) is 8.15. The van der Waals surface area contributed by atoms with E-state index in [9.17, 15) is 4.79 Å². The highest BCUT2D eigenvalue weighted by molar-refractivity contribution is 8.13. The average Bonchev–Trinajstić information content (AvgIpc) is 2.93. The van der Waals surface area contributed by atoms with E-state index in [4.69, 9.17) is 5.73 Å². The van der Waals surface area contributed by atoms with Gasteiger partial charge in [0, 0.05) is 11.4 Å². The second-order valence-electron chi connectivity index (χ2n) is 5.10. The van der Waals surface area contributed by atoms with Gasteiger partial charge in [0.1, 0.15) is 0 Å². The summed E-state index contributed by atoms with van der Waals surface area (Å²) in [7, 11) is 0. The summed E-state index contributed by atoms with van der Waals surface area (Å²) in [6, 6.07) is 15.8. The summed E-state index contributed by atoms with van der Waals surface area (Å²) in [5.74, 6) is 0.784. The molecule has 116 valence electrons. The van der Waals surface area contributed by atoms with Gasteiger partial charge in [0.15, 0.2) is 5.17 Å². The summed E-state index contributed by atoms with van der Waals surface area (Å²) in [5, 5.41) is 11.2. The van der Waals surface area contributed by atoms with Crippen LogP contribution in [0.4, 0.5) is 5.69 Å². The van der Waals surface area contributed by atoms with Gasteiger partial charge < -0.3 is 11.1 Å². The van der Waals surface area contributed by atoms with Gasteiger partial charge in [-0.3, -0.25) is 4.79 Å². The van der Waals surface area contributed by atoms with Gasteiger partial charge in [-0.05, 0) is 28.8 Å². The molecule has 0 radical (unpaired) electrons. The lowest BCUT2D eigenvalue weighted by molar-refractivity contribution is -0.115. The number of thioether (sulfide) groups is 1. The van der Waals surface area contributed by atoms with Gasteiger partial charge in [-0.25, -0.2) is 0 Å². The summed E-state index contributed by atoms with van der Waals surface area (Å²) in [6.07, 6.45) is 2.05. The SMILES string of the molecule is NC(=NN=Cc1ccc2c(c1)CC(=O)N2)SCc1ccccc1. The molecule has 0 spiro atoms. The van der Waals surface area contributed by atoms with E-state index in [1.54, 1.807) is 6.21 Å².